The maximum absolute atomic E-state index is 14.1. The standard InChI is InChI=1S/C26H34F4/c1-2-3-4-5-17-6-11-22-20(14-17)7-8-21-15-18(9-12-23(21)22)19-10-13-24(25(27)16-19)26(28,29)30/h4-5,10,13,16-18,20-23H,2-3,6-9,11-12,14-15H2,1H3. The zero-order valence-corrected chi connectivity index (χ0v) is 17.9. The highest BCUT2D eigenvalue weighted by Crippen LogP contribution is 2.55. The second-order valence-electron chi connectivity index (χ2n) is 9.96. The van der Waals surface area contributed by atoms with Gasteiger partial charge in [-0.15, -0.1) is 0 Å². The summed E-state index contributed by atoms with van der Waals surface area (Å²) in [5, 5.41) is 0. The third-order valence-corrected chi connectivity index (χ3v) is 8.21. The lowest BCUT2D eigenvalue weighted by atomic mass is 9.55. The van der Waals surface area contributed by atoms with Crippen molar-refractivity contribution in [1.82, 2.24) is 0 Å². The van der Waals surface area contributed by atoms with Crippen LogP contribution < -0.4 is 0 Å². The molecule has 0 amide bonds. The maximum Gasteiger partial charge on any atom is 0.419 e. The zero-order valence-electron chi connectivity index (χ0n) is 17.9. The molecule has 0 aromatic heterocycles. The normalized spacial score (nSPS) is 34.6. The topological polar surface area (TPSA) is 0 Å². The van der Waals surface area contributed by atoms with Crippen LogP contribution in [-0.4, -0.2) is 0 Å². The van der Waals surface area contributed by atoms with Gasteiger partial charge in [0.25, 0.3) is 0 Å². The molecule has 6 unspecified atom stereocenters. The number of fused-ring (bicyclic) bond motifs is 3. The van der Waals surface area contributed by atoms with Crippen LogP contribution in [0, 0.1) is 35.4 Å². The molecule has 1 aromatic rings. The Morgan fingerprint density at radius 2 is 1.63 bits per heavy atom. The van der Waals surface area contributed by atoms with Gasteiger partial charge in [0, 0.05) is 0 Å². The van der Waals surface area contributed by atoms with Crippen molar-refractivity contribution in [2.24, 2.45) is 29.6 Å². The monoisotopic (exact) mass is 422 g/mol. The smallest absolute Gasteiger partial charge is 0.206 e. The van der Waals surface area contributed by atoms with Crippen molar-refractivity contribution in [1.29, 1.82) is 0 Å². The lowest BCUT2D eigenvalue weighted by molar-refractivity contribution is -0.140. The van der Waals surface area contributed by atoms with E-state index < -0.39 is 17.6 Å². The Balaban J connectivity index is 1.39. The SMILES string of the molecule is CCCC=CC1CCC2C(CCC3CC(c4ccc(C(F)(F)F)c(F)c4)CCC32)C1. The second-order valence-corrected chi connectivity index (χ2v) is 9.96. The molecule has 30 heavy (non-hydrogen) atoms. The van der Waals surface area contributed by atoms with Gasteiger partial charge in [-0.05, 0) is 111 Å². The van der Waals surface area contributed by atoms with Gasteiger partial charge in [-0.2, -0.15) is 13.2 Å². The number of rotatable bonds is 4. The Labute approximate surface area is 178 Å². The fraction of sp³-hybridized carbons (Fsp3) is 0.692. The Morgan fingerprint density at radius 1 is 0.933 bits per heavy atom. The third kappa shape index (κ3) is 4.62. The van der Waals surface area contributed by atoms with Crippen molar-refractivity contribution in [3.63, 3.8) is 0 Å². The van der Waals surface area contributed by atoms with Crippen LogP contribution in [0.25, 0.3) is 0 Å². The van der Waals surface area contributed by atoms with Gasteiger partial charge < -0.3 is 0 Å². The molecule has 0 nitrogen and oxygen atoms in total. The van der Waals surface area contributed by atoms with Crippen LogP contribution in [0.2, 0.25) is 0 Å². The average molecular weight is 423 g/mol. The van der Waals surface area contributed by atoms with Gasteiger partial charge in [0.1, 0.15) is 5.82 Å². The number of allylic oxidation sites excluding steroid dienone is 2. The molecule has 6 atom stereocenters. The van der Waals surface area contributed by atoms with Gasteiger partial charge in [0.15, 0.2) is 0 Å². The summed E-state index contributed by atoms with van der Waals surface area (Å²) in [6.07, 6.45) is 12.2. The van der Waals surface area contributed by atoms with E-state index in [0.29, 0.717) is 5.92 Å². The molecule has 0 N–H and O–H groups in total. The average Bonchev–Trinajstić information content (AvgIpc) is 2.72. The van der Waals surface area contributed by atoms with Crippen molar-refractivity contribution in [2.75, 3.05) is 0 Å². The molecule has 0 saturated heterocycles. The molecule has 3 saturated carbocycles. The summed E-state index contributed by atoms with van der Waals surface area (Å²) in [7, 11) is 0. The number of hydrogen-bond donors (Lipinski definition) is 0. The van der Waals surface area contributed by atoms with Gasteiger partial charge in [0.05, 0.1) is 5.56 Å². The first-order valence-corrected chi connectivity index (χ1v) is 11.9. The van der Waals surface area contributed by atoms with Crippen LogP contribution in [0.1, 0.15) is 88.2 Å². The van der Waals surface area contributed by atoms with Crippen molar-refractivity contribution in [3.8, 4) is 0 Å². The van der Waals surface area contributed by atoms with Crippen molar-refractivity contribution >= 4 is 0 Å². The summed E-state index contributed by atoms with van der Waals surface area (Å²) in [6, 6.07) is 3.59. The molecule has 3 fully saturated rings. The summed E-state index contributed by atoms with van der Waals surface area (Å²) in [6.45, 7) is 2.22. The maximum atomic E-state index is 14.1. The fourth-order valence-corrected chi connectivity index (χ4v) is 6.78. The molecular weight excluding hydrogens is 388 g/mol. The molecule has 3 aliphatic rings. The molecule has 0 heterocycles. The molecule has 0 bridgehead atoms. The van der Waals surface area contributed by atoms with Gasteiger partial charge >= 0.3 is 6.18 Å². The van der Waals surface area contributed by atoms with Crippen LogP contribution in [0.5, 0.6) is 0 Å². The number of benzene rings is 1. The molecular formula is C26H34F4. The summed E-state index contributed by atoms with van der Waals surface area (Å²) in [5.74, 6) is 2.91. The first kappa shape index (κ1) is 21.9. The molecule has 3 aliphatic carbocycles. The van der Waals surface area contributed by atoms with Gasteiger partial charge in [-0.25, -0.2) is 4.39 Å². The van der Waals surface area contributed by atoms with E-state index in [4.69, 9.17) is 0 Å². The number of halogens is 4. The molecule has 4 heteroatoms. The van der Waals surface area contributed by atoms with E-state index in [2.05, 4.69) is 19.1 Å². The quantitative estimate of drug-likeness (QED) is 0.337. The van der Waals surface area contributed by atoms with E-state index in [1.807, 2.05) is 0 Å². The first-order valence-electron chi connectivity index (χ1n) is 11.9. The Hall–Kier alpha value is -1.32. The highest BCUT2D eigenvalue weighted by atomic mass is 19.4. The lowest BCUT2D eigenvalue weighted by Gasteiger charge is -2.50. The summed E-state index contributed by atoms with van der Waals surface area (Å²) in [4.78, 5) is 0. The fourth-order valence-electron chi connectivity index (χ4n) is 6.78. The van der Waals surface area contributed by atoms with Gasteiger partial charge in [-0.3, -0.25) is 0 Å². The van der Waals surface area contributed by atoms with E-state index in [-0.39, 0.29) is 5.92 Å². The second kappa shape index (κ2) is 9.04. The molecule has 0 spiro atoms. The summed E-state index contributed by atoms with van der Waals surface area (Å²) < 4.78 is 52.7. The predicted octanol–water partition coefficient (Wildman–Crippen LogP) is 8.53. The zero-order chi connectivity index (χ0) is 21.3. The summed E-state index contributed by atoms with van der Waals surface area (Å²) >= 11 is 0. The van der Waals surface area contributed by atoms with E-state index in [1.54, 1.807) is 0 Å². The van der Waals surface area contributed by atoms with Crippen molar-refractivity contribution in [2.45, 2.75) is 83.2 Å². The van der Waals surface area contributed by atoms with E-state index in [0.717, 1.165) is 60.6 Å². The highest BCUT2D eigenvalue weighted by Gasteiger charge is 2.44. The molecule has 166 valence electrons. The van der Waals surface area contributed by atoms with Crippen molar-refractivity contribution < 1.29 is 17.6 Å². The van der Waals surface area contributed by atoms with Crippen molar-refractivity contribution in [3.05, 3.63) is 47.3 Å². The lowest BCUT2D eigenvalue weighted by Crippen LogP contribution is -2.41. The Bertz CT molecular complexity index is 750. The Kier molecular flexibility index (Phi) is 6.60. The van der Waals surface area contributed by atoms with E-state index >= 15 is 0 Å². The van der Waals surface area contributed by atoms with Crippen LogP contribution in [0.3, 0.4) is 0 Å². The van der Waals surface area contributed by atoms with Gasteiger partial charge in [0.2, 0.25) is 0 Å². The minimum atomic E-state index is -4.62. The summed E-state index contributed by atoms with van der Waals surface area (Å²) in [5.41, 5.74) is -0.393. The molecule has 0 radical (unpaired) electrons. The van der Waals surface area contributed by atoms with Crippen LogP contribution in [0.4, 0.5) is 17.6 Å². The number of hydrogen-bond acceptors (Lipinski definition) is 0. The predicted molar refractivity (Wildman–Crippen MR) is 113 cm³/mol. The van der Waals surface area contributed by atoms with E-state index in [9.17, 15) is 17.6 Å². The Morgan fingerprint density at radius 3 is 2.30 bits per heavy atom. The minimum absolute atomic E-state index is 0.202. The van der Waals surface area contributed by atoms with Crippen LogP contribution >= 0.6 is 0 Å². The van der Waals surface area contributed by atoms with Crippen LogP contribution in [0.15, 0.2) is 30.4 Å². The molecule has 4 rings (SSSR count). The van der Waals surface area contributed by atoms with Crippen LogP contribution in [-0.2, 0) is 6.18 Å². The number of unbranched alkanes of at least 4 members (excludes halogenated alkanes) is 1. The largest absolute Gasteiger partial charge is 0.419 e. The first-order chi connectivity index (χ1) is 14.4. The third-order valence-electron chi connectivity index (χ3n) is 8.21. The highest BCUT2D eigenvalue weighted by molar-refractivity contribution is 5.29. The minimum Gasteiger partial charge on any atom is -0.206 e. The van der Waals surface area contributed by atoms with E-state index in [1.165, 1.54) is 51.0 Å². The number of alkyl halides is 3. The van der Waals surface area contributed by atoms with Gasteiger partial charge in [-0.1, -0.05) is 31.6 Å². The molecule has 1 aromatic carbocycles. The molecule has 0 aliphatic heterocycles.